The van der Waals surface area contributed by atoms with Gasteiger partial charge in [-0.15, -0.1) is 10.2 Å². The first-order chi connectivity index (χ1) is 11.0. The minimum absolute atomic E-state index is 0.178. The Bertz CT molecular complexity index is 576. The van der Waals surface area contributed by atoms with E-state index in [0.29, 0.717) is 23.6 Å². The summed E-state index contributed by atoms with van der Waals surface area (Å²) in [4.78, 5) is 28.4. The average Bonchev–Trinajstić information content (AvgIpc) is 3.17. The Labute approximate surface area is 139 Å². The fraction of sp³-hybridized carbons (Fsp3) is 0.714. The second-order valence-corrected chi connectivity index (χ2v) is 7.99. The van der Waals surface area contributed by atoms with Gasteiger partial charge in [-0.3, -0.25) is 10.1 Å². The van der Waals surface area contributed by atoms with Gasteiger partial charge in [0.25, 0.3) is 5.91 Å². The number of aromatic nitrogens is 3. The largest absolute Gasteiger partial charge is 0.337 e. The van der Waals surface area contributed by atoms with Gasteiger partial charge in [-0.2, -0.15) is 17.0 Å². The molecule has 23 heavy (non-hydrogen) atoms. The molecule has 0 radical (unpaired) electrons. The Hall–Kier alpha value is -1.77. The molecule has 1 aromatic rings. The van der Waals surface area contributed by atoms with Crippen molar-refractivity contribution in [1.82, 2.24) is 25.2 Å². The first kappa shape index (κ1) is 16.1. The highest BCUT2D eigenvalue weighted by molar-refractivity contribution is 8.00. The Balaban J connectivity index is 1.67. The SMILES string of the molecule is CC1CN(C(=O)Nc2n[nH]nc2C(=O)N2CCCC2)CC(C)S1. The number of H-pyrrole nitrogens is 1. The van der Waals surface area contributed by atoms with E-state index in [1.165, 1.54) is 0 Å². The number of urea groups is 1. The van der Waals surface area contributed by atoms with Gasteiger partial charge in [0.2, 0.25) is 0 Å². The number of nitrogens with one attached hydrogen (secondary N) is 2. The zero-order valence-electron chi connectivity index (χ0n) is 13.4. The molecule has 126 valence electrons. The zero-order valence-corrected chi connectivity index (χ0v) is 14.2. The lowest BCUT2D eigenvalue weighted by molar-refractivity contribution is 0.0788. The van der Waals surface area contributed by atoms with Crippen LogP contribution in [0.25, 0.3) is 0 Å². The third-order valence-corrected chi connectivity index (χ3v) is 5.30. The smallest absolute Gasteiger partial charge is 0.323 e. The van der Waals surface area contributed by atoms with Crippen LogP contribution in [0.4, 0.5) is 10.6 Å². The minimum Gasteiger partial charge on any atom is -0.337 e. The summed E-state index contributed by atoms with van der Waals surface area (Å²) >= 11 is 1.88. The monoisotopic (exact) mass is 338 g/mol. The Morgan fingerprint density at radius 2 is 1.78 bits per heavy atom. The lowest BCUT2D eigenvalue weighted by Gasteiger charge is -2.34. The van der Waals surface area contributed by atoms with Gasteiger partial charge in [0.15, 0.2) is 11.5 Å². The van der Waals surface area contributed by atoms with Crippen LogP contribution >= 0.6 is 11.8 Å². The van der Waals surface area contributed by atoms with Crippen molar-refractivity contribution in [1.29, 1.82) is 0 Å². The number of hydrogen-bond acceptors (Lipinski definition) is 5. The van der Waals surface area contributed by atoms with E-state index in [4.69, 9.17) is 0 Å². The van der Waals surface area contributed by atoms with E-state index in [0.717, 1.165) is 25.9 Å². The molecule has 8 nitrogen and oxygen atoms in total. The number of amides is 3. The molecule has 2 fully saturated rings. The molecule has 9 heteroatoms. The second-order valence-electron chi connectivity index (χ2n) is 6.11. The van der Waals surface area contributed by atoms with Gasteiger partial charge < -0.3 is 9.80 Å². The van der Waals surface area contributed by atoms with E-state index in [2.05, 4.69) is 34.6 Å². The van der Waals surface area contributed by atoms with Crippen molar-refractivity contribution in [3.05, 3.63) is 5.69 Å². The fourth-order valence-corrected chi connectivity index (χ4v) is 4.39. The molecule has 3 rings (SSSR count). The Kier molecular flexibility index (Phi) is 4.74. The van der Waals surface area contributed by atoms with Crippen LogP contribution in [0.3, 0.4) is 0 Å². The summed E-state index contributed by atoms with van der Waals surface area (Å²) in [6.45, 7) is 7.06. The molecule has 2 N–H and O–H groups in total. The highest BCUT2D eigenvalue weighted by Crippen LogP contribution is 2.25. The third-order valence-electron chi connectivity index (χ3n) is 4.08. The van der Waals surface area contributed by atoms with Crippen molar-refractivity contribution < 1.29 is 9.59 Å². The molecular formula is C14H22N6O2S. The number of carbonyl (C=O) groups is 2. The quantitative estimate of drug-likeness (QED) is 0.850. The minimum atomic E-state index is -0.228. The number of aromatic amines is 1. The van der Waals surface area contributed by atoms with Gasteiger partial charge in [0, 0.05) is 36.7 Å². The molecule has 2 unspecified atom stereocenters. The Morgan fingerprint density at radius 3 is 2.43 bits per heavy atom. The van der Waals surface area contributed by atoms with Gasteiger partial charge in [-0.25, -0.2) is 4.79 Å². The maximum absolute atomic E-state index is 12.5. The number of hydrogen-bond donors (Lipinski definition) is 2. The van der Waals surface area contributed by atoms with E-state index in [-0.39, 0.29) is 23.5 Å². The first-order valence-corrected chi connectivity index (χ1v) is 8.90. The Morgan fingerprint density at radius 1 is 1.13 bits per heavy atom. The van der Waals surface area contributed by atoms with Crippen molar-refractivity contribution in [2.45, 2.75) is 37.2 Å². The molecule has 0 bridgehead atoms. The lowest BCUT2D eigenvalue weighted by atomic mass is 10.3. The van der Waals surface area contributed by atoms with Crippen LogP contribution in [-0.4, -0.2) is 73.8 Å². The molecule has 2 aliphatic heterocycles. The van der Waals surface area contributed by atoms with Crippen LogP contribution in [0.1, 0.15) is 37.2 Å². The molecule has 0 aromatic carbocycles. The topological polar surface area (TPSA) is 94.2 Å². The molecule has 0 aliphatic carbocycles. The van der Waals surface area contributed by atoms with Crippen molar-refractivity contribution in [3.8, 4) is 0 Å². The molecule has 0 saturated carbocycles. The zero-order chi connectivity index (χ0) is 16.4. The molecule has 2 atom stereocenters. The van der Waals surface area contributed by atoms with E-state index in [1.54, 1.807) is 9.80 Å². The number of thioether (sulfide) groups is 1. The van der Waals surface area contributed by atoms with Crippen molar-refractivity contribution in [2.75, 3.05) is 31.5 Å². The summed E-state index contributed by atoms with van der Waals surface area (Å²) in [5.74, 6) is 0.0351. The standard InChI is InChI=1S/C14H22N6O2S/c1-9-7-20(8-10(2)23-9)14(22)15-12-11(16-18-17-12)13(21)19-5-3-4-6-19/h9-10H,3-8H2,1-2H3,(H2,15,16,17,18,22). The van der Waals surface area contributed by atoms with Gasteiger partial charge in [-0.1, -0.05) is 13.8 Å². The maximum Gasteiger partial charge on any atom is 0.323 e. The number of likely N-dealkylation sites (tertiary alicyclic amines) is 1. The number of nitrogens with zero attached hydrogens (tertiary/aromatic N) is 4. The van der Waals surface area contributed by atoms with Crippen LogP contribution in [-0.2, 0) is 0 Å². The van der Waals surface area contributed by atoms with E-state index >= 15 is 0 Å². The molecule has 3 heterocycles. The van der Waals surface area contributed by atoms with Crippen LogP contribution in [0.15, 0.2) is 0 Å². The molecular weight excluding hydrogens is 316 g/mol. The van der Waals surface area contributed by atoms with Crippen LogP contribution < -0.4 is 5.32 Å². The molecule has 2 aliphatic rings. The molecule has 2 saturated heterocycles. The fourth-order valence-electron chi connectivity index (χ4n) is 3.06. The average molecular weight is 338 g/mol. The summed E-state index contributed by atoms with van der Waals surface area (Å²) in [6.07, 6.45) is 2.01. The third kappa shape index (κ3) is 3.60. The summed E-state index contributed by atoms with van der Waals surface area (Å²) in [6, 6.07) is -0.228. The highest BCUT2D eigenvalue weighted by Gasteiger charge is 2.29. The van der Waals surface area contributed by atoms with Crippen LogP contribution in [0, 0.1) is 0 Å². The summed E-state index contributed by atoms with van der Waals surface area (Å²) < 4.78 is 0. The maximum atomic E-state index is 12.5. The summed E-state index contributed by atoms with van der Waals surface area (Å²) in [5, 5.41) is 13.8. The lowest BCUT2D eigenvalue weighted by Crippen LogP contribution is -2.46. The summed E-state index contributed by atoms with van der Waals surface area (Å²) in [5.41, 5.74) is 0.188. The van der Waals surface area contributed by atoms with Crippen molar-refractivity contribution in [3.63, 3.8) is 0 Å². The number of carbonyl (C=O) groups excluding carboxylic acids is 2. The van der Waals surface area contributed by atoms with Crippen LogP contribution in [0.2, 0.25) is 0 Å². The van der Waals surface area contributed by atoms with E-state index in [9.17, 15) is 9.59 Å². The molecule has 1 aromatic heterocycles. The van der Waals surface area contributed by atoms with Gasteiger partial charge >= 0.3 is 6.03 Å². The number of rotatable bonds is 2. The van der Waals surface area contributed by atoms with Crippen molar-refractivity contribution >= 4 is 29.5 Å². The van der Waals surface area contributed by atoms with E-state index < -0.39 is 0 Å². The van der Waals surface area contributed by atoms with Crippen LogP contribution in [0.5, 0.6) is 0 Å². The predicted molar refractivity (Wildman–Crippen MR) is 88.6 cm³/mol. The number of anilines is 1. The van der Waals surface area contributed by atoms with Crippen molar-refractivity contribution in [2.24, 2.45) is 0 Å². The first-order valence-electron chi connectivity index (χ1n) is 7.96. The predicted octanol–water partition coefficient (Wildman–Crippen LogP) is 1.40. The normalized spacial score (nSPS) is 24.8. The van der Waals surface area contributed by atoms with Gasteiger partial charge in [0.05, 0.1) is 0 Å². The van der Waals surface area contributed by atoms with Gasteiger partial charge in [0.1, 0.15) is 0 Å². The van der Waals surface area contributed by atoms with E-state index in [1.807, 2.05) is 11.8 Å². The summed E-state index contributed by atoms with van der Waals surface area (Å²) in [7, 11) is 0. The second kappa shape index (κ2) is 6.77. The van der Waals surface area contributed by atoms with Gasteiger partial charge in [-0.05, 0) is 12.8 Å². The highest BCUT2D eigenvalue weighted by atomic mass is 32.2. The molecule has 3 amide bonds. The molecule has 0 spiro atoms.